The lowest BCUT2D eigenvalue weighted by Crippen LogP contribution is -2.23. The number of urea groups is 1. The van der Waals surface area contributed by atoms with E-state index < -0.39 is 17.4 Å². The van der Waals surface area contributed by atoms with Crippen molar-refractivity contribution in [3.8, 4) is 11.1 Å². The van der Waals surface area contributed by atoms with E-state index >= 15 is 0 Å². The molecule has 0 fully saturated rings. The molecule has 2 aromatic carbocycles. The Balaban J connectivity index is 1.68. The molecule has 0 spiro atoms. The molecule has 12 heteroatoms. The molecular formula is C21H20Cl3FN6O2. The maximum absolute atomic E-state index is 14.4. The Morgan fingerprint density at radius 1 is 1.09 bits per heavy atom. The van der Waals surface area contributed by atoms with Crippen LogP contribution < -0.4 is 27.2 Å². The fourth-order valence-corrected chi connectivity index (χ4v) is 3.45. The van der Waals surface area contributed by atoms with Crippen LogP contribution in [-0.4, -0.2) is 29.1 Å². The van der Waals surface area contributed by atoms with Crippen LogP contribution in [-0.2, 0) is 6.54 Å². The highest BCUT2D eigenvalue weighted by Gasteiger charge is 2.13. The number of benzene rings is 2. The van der Waals surface area contributed by atoms with Crippen LogP contribution in [0.1, 0.15) is 12.0 Å². The molecule has 1 aromatic heterocycles. The second-order valence-electron chi connectivity index (χ2n) is 6.93. The van der Waals surface area contributed by atoms with Gasteiger partial charge in [-0.25, -0.2) is 14.2 Å². The van der Waals surface area contributed by atoms with E-state index in [0.29, 0.717) is 30.8 Å². The van der Waals surface area contributed by atoms with Gasteiger partial charge in [-0.1, -0.05) is 46.9 Å². The summed E-state index contributed by atoms with van der Waals surface area (Å²) < 4.78 is 14.4. The Morgan fingerprint density at radius 3 is 2.55 bits per heavy atom. The fourth-order valence-electron chi connectivity index (χ4n) is 2.85. The molecule has 0 saturated carbocycles. The normalized spacial score (nSPS) is 10.8. The Bertz CT molecular complexity index is 1220. The molecule has 0 aliphatic carbocycles. The number of rotatable bonds is 8. The van der Waals surface area contributed by atoms with Gasteiger partial charge in [-0.15, -0.1) is 0 Å². The van der Waals surface area contributed by atoms with Gasteiger partial charge in [0.15, 0.2) is 0 Å². The highest BCUT2D eigenvalue weighted by molar-refractivity contribution is 6.44. The van der Waals surface area contributed by atoms with Gasteiger partial charge in [0, 0.05) is 18.3 Å². The zero-order valence-corrected chi connectivity index (χ0v) is 19.4. The standard InChI is InChI=1S/C21H20Cl3FN6O2/c22-14-7-16(24)18(8-15(14)23)29-21(33)31-20-28-10-13(19(32)30-20)11-2-3-12(17(25)6-11)9-27-5-1-4-26/h2-3,6-8,10,27H,1,4-5,9,26H2,(H3,28,29,30,31,32,33). The molecule has 0 atom stereocenters. The number of halogens is 4. The summed E-state index contributed by atoms with van der Waals surface area (Å²) >= 11 is 17.8. The van der Waals surface area contributed by atoms with Crippen LogP contribution in [0, 0.1) is 5.82 Å². The second kappa shape index (κ2) is 11.4. The third-order valence-electron chi connectivity index (χ3n) is 4.53. The van der Waals surface area contributed by atoms with Crippen molar-refractivity contribution in [1.29, 1.82) is 0 Å². The topological polar surface area (TPSA) is 125 Å². The van der Waals surface area contributed by atoms with Crippen LogP contribution in [0.15, 0.2) is 41.3 Å². The molecule has 8 nitrogen and oxygen atoms in total. The maximum atomic E-state index is 14.4. The molecule has 0 aliphatic heterocycles. The van der Waals surface area contributed by atoms with E-state index in [9.17, 15) is 14.0 Å². The zero-order chi connectivity index (χ0) is 24.0. The van der Waals surface area contributed by atoms with E-state index in [-0.39, 0.29) is 32.3 Å². The molecule has 0 bridgehead atoms. The molecule has 174 valence electrons. The van der Waals surface area contributed by atoms with Crippen molar-refractivity contribution in [2.75, 3.05) is 23.7 Å². The minimum Gasteiger partial charge on any atom is -0.330 e. The van der Waals surface area contributed by atoms with Crippen molar-refractivity contribution in [3.05, 3.63) is 73.3 Å². The zero-order valence-electron chi connectivity index (χ0n) is 17.1. The summed E-state index contributed by atoms with van der Waals surface area (Å²) in [7, 11) is 0. The number of carbonyl (C=O) groups excluding carboxylic acids is 1. The van der Waals surface area contributed by atoms with E-state index in [1.807, 2.05) is 0 Å². The first-order chi connectivity index (χ1) is 15.8. The van der Waals surface area contributed by atoms with Crippen molar-refractivity contribution in [1.82, 2.24) is 15.3 Å². The van der Waals surface area contributed by atoms with E-state index in [1.54, 1.807) is 12.1 Å². The molecule has 1 heterocycles. The molecule has 33 heavy (non-hydrogen) atoms. The average Bonchev–Trinajstić information content (AvgIpc) is 2.76. The van der Waals surface area contributed by atoms with E-state index in [2.05, 4.69) is 25.9 Å². The first kappa shape index (κ1) is 24.9. The van der Waals surface area contributed by atoms with E-state index in [4.69, 9.17) is 40.5 Å². The lowest BCUT2D eigenvalue weighted by molar-refractivity contribution is 0.262. The summed E-state index contributed by atoms with van der Waals surface area (Å²) in [5, 5.41) is 8.58. The predicted molar refractivity (Wildman–Crippen MR) is 130 cm³/mol. The van der Waals surface area contributed by atoms with Gasteiger partial charge in [-0.05, 0) is 43.3 Å². The first-order valence-corrected chi connectivity index (χ1v) is 10.9. The molecule has 0 aliphatic rings. The van der Waals surface area contributed by atoms with Crippen LogP contribution >= 0.6 is 34.8 Å². The molecule has 6 N–H and O–H groups in total. The van der Waals surface area contributed by atoms with Crippen LogP contribution in [0.5, 0.6) is 0 Å². The van der Waals surface area contributed by atoms with Gasteiger partial charge in [-0.2, -0.15) is 0 Å². The molecule has 0 unspecified atom stereocenters. The van der Waals surface area contributed by atoms with Crippen molar-refractivity contribution in [2.24, 2.45) is 5.73 Å². The summed E-state index contributed by atoms with van der Waals surface area (Å²) in [5.41, 5.74) is 6.06. The first-order valence-electron chi connectivity index (χ1n) is 9.80. The Morgan fingerprint density at radius 2 is 1.85 bits per heavy atom. The van der Waals surface area contributed by atoms with E-state index in [0.717, 1.165) is 6.42 Å². The Labute approximate surface area is 203 Å². The Kier molecular flexibility index (Phi) is 8.65. The minimum atomic E-state index is -0.719. The van der Waals surface area contributed by atoms with Crippen LogP contribution in [0.2, 0.25) is 15.1 Å². The molecule has 3 rings (SSSR count). The minimum absolute atomic E-state index is 0.112. The third kappa shape index (κ3) is 6.66. The van der Waals surface area contributed by atoms with Crippen molar-refractivity contribution in [3.63, 3.8) is 0 Å². The van der Waals surface area contributed by atoms with Gasteiger partial charge in [0.25, 0.3) is 5.56 Å². The Hall–Kier alpha value is -2.69. The lowest BCUT2D eigenvalue weighted by atomic mass is 10.1. The number of amides is 2. The average molecular weight is 514 g/mol. The molecular weight excluding hydrogens is 494 g/mol. The number of hydrogen-bond donors (Lipinski definition) is 5. The monoisotopic (exact) mass is 512 g/mol. The predicted octanol–water partition coefficient (Wildman–Crippen LogP) is 4.62. The summed E-state index contributed by atoms with van der Waals surface area (Å²) in [4.78, 5) is 31.2. The number of aromatic amines is 1. The number of anilines is 2. The number of nitrogens with one attached hydrogen (secondary N) is 4. The van der Waals surface area contributed by atoms with Gasteiger partial charge in [0.05, 0.1) is 26.3 Å². The SMILES string of the molecule is NCCCNCc1ccc(-c2cnc(NC(=O)Nc3cc(Cl)c(Cl)cc3Cl)[nH]c2=O)cc1F. The summed E-state index contributed by atoms with van der Waals surface area (Å²) in [6.07, 6.45) is 2.04. The number of carbonyl (C=O) groups is 1. The summed E-state index contributed by atoms with van der Waals surface area (Å²) in [6.45, 7) is 1.59. The number of hydrogen-bond acceptors (Lipinski definition) is 5. The van der Waals surface area contributed by atoms with Crippen molar-refractivity contribution < 1.29 is 9.18 Å². The van der Waals surface area contributed by atoms with Crippen LogP contribution in [0.25, 0.3) is 11.1 Å². The maximum Gasteiger partial charge on any atom is 0.326 e. The number of H-pyrrole nitrogens is 1. The number of aromatic nitrogens is 2. The third-order valence-corrected chi connectivity index (χ3v) is 5.56. The number of nitrogens with two attached hydrogens (primary N) is 1. The van der Waals surface area contributed by atoms with Gasteiger partial charge in [0.2, 0.25) is 5.95 Å². The highest BCUT2D eigenvalue weighted by Crippen LogP contribution is 2.32. The van der Waals surface area contributed by atoms with Crippen molar-refractivity contribution >= 4 is 52.5 Å². The molecule has 3 aromatic rings. The molecule has 0 radical (unpaired) electrons. The van der Waals surface area contributed by atoms with Crippen LogP contribution in [0.4, 0.5) is 20.8 Å². The largest absolute Gasteiger partial charge is 0.330 e. The highest BCUT2D eigenvalue weighted by atomic mass is 35.5. The van der Waals surface area contributed by atoms with Gasteiger partial charge < -0.3 is 16.4 Å². The molecule has 0 saturated heterocycles. The lowest BCUT2D eigenvalue weighted by Gasteiger charge is -2.10. The van der Waals surface area contributed by atoms with Gasteiger partial charge in [0.1, 0.15) is 5.82 Å². The smallest absolute Gasteiger partial charge is 0.326 e. The van der Waals surface area contributed by atoms with E-state index in [1.165, 1.54) is 24.4 Å². The second-order valence-corrected chi connectivity index (χ2v) is 8.15. The summed E-state index contributed by atoms with van der Waals surface area (Å²) in [6, 6.07) is 6.54. The van der Waals surface area contributed by atoms with Crippen molar-refractivity contribution in [2.45, 2.75) is 13.0 Å². The fraction of sp³-hybridized carbons (Fsp3) is 0.190. The summed E-state index contributed by atoms with van der Waals surface area (Å²) in [5.74, 6) is -0.564. The molecule has 2 amide bonds. The quantitative estimate of drug-likeness (QED) is 0.222. The van der Waals surface area contributed by atoms with Crippen LogP contribution in [0.3, 0.4) is 0 Å². The van der Waals surface area contributed by atoms with Gasteiger partial charge in [-0.3, -0.25) is 15.1 Å². The number of nitrogens with zero attached hydrogens (tertiary/aromatic N) is 1. The van der Waals surface area contributed by atoms with Gasteiger partial charge >= 0.3 is 6.03 Å².